The summed E-state index contributed by atoms with van der Waals surface area (Å²) < 4.78 is 19.3. The molecule has 4 aromatic heterocycles. The predicted octanol–water partition coefficient (Wildman–Crippen LogP) is 7.06. The molecule has 16 nitrogen and oxygen atoms in total. The van der Waals surface area contributed by atoms with Crippen molar-refractivity contribution in [2.24, 2.45) is 0 Å². The Morgan fingerprint density at radius 3 is 1.70 bits per heavy atom. The fourth-order valence-electron chi connectivity index (χ4n) is 8.49. The molecule has 8 rings (SSSR count). The lowest BCUT2D eigenvalue weighted by molar-refractivity contribution is -0.141. The molecule has 6 heterocycles. The Morgan fingerprint density at radius 1 is 0.719 bits per heavy atom. The van der Waals surface area contributed by atoms with E-state index in [-0.39, 0.29) is 55.1 Å². The molecule has 64 heavy (non-hydrogen) atoms. The van der Waals surface area contributed by atoms with E-state index in [0.717, 1.165) is 105 Å². The van der Waals surface area contributed by atoms with E-state index in [2.05, 4.69) is 44.1 Å². The predicted molar refractivity (Wildman–Crippen MR) is 244 cm³/mol. The van der Waals surface area contributed by atoms with Crippen LogP contribution >= 0.6 is 12.4 Å². The topological polar surface area (TPSA) is 181 Å². The Morgan fingerprint density at radius 2 is 1.22 bits per heavy atom. The third kappa shape index (κ3) is 10.2. The summed E-state index contributed by atoms with van der Waals surface area (Å²) >= 11 is 0. The van der Waals surface area contributed by atoms with E-state index in [1.165, 1.54) is 19.8 Å². The van der Waals surface area contributed by atoms with Crippen LogP contribution in [0.5, 0.6) is 0 Å². The maximum absolute atomic E-state index is 12.6. The Hall–Kier alpha value is -6.00. The van der Waals surface area contributed by atoms with Gasteiger partial charge in [-0.15, -0.1) is 22.6 Å². The smallest absolute Gasteiger partial charge is 0.410 e. The summed E-state index contributed by atoms with van der Waals surface area (Å²) in [5, 5.41) is 20.6. The minimum Gasteiger partial charge on any atom is -0.469 e. The monoisotopic (exact) mass is 894 g/mol. The third-order valence-corrected chi connectivity index (χ3v) is 11.9. The number of benzene rings is 2. The van der Waals surface area contributed by atoms with Gasteiger partial charge >= 0.3 is 18.0 Å². The number of amides is 1. The van der Waals surface area contributed by atoms with Gasteiger partial charge in [-0.2, -0.15) is 0 Å². The lowest BCUT2D eigenvalue weighted by Gasteiger charge is -2.31. The van der Waals surface area contributed by atoms with E-state index in [1.807, 2.05) is 88.2 Å². The van der Waals surface area contributed by atoms with Gasteiger partial charge in [-0.1, -0.05) is 34.7 Å². The van der Waals surface area contributed by atoms with Crippen LogP contribution in [-0.4, -0.2) is 95.8 Å². The van der Waals surface area contributed by atoms with E-state index in [1.54, 1.807) is 4.90 Å². The van der Waals surface area contributed by atoms with E-state index >= 15 is 0 Å². The van der Waals surface area contributed by atoms with E-state index in [4.69, 9.17) is 24.2 Å². The highest BCUT2D eigenvalue weighted by Crippen LogP contribution is 2.35. The molecule has 2 atom stereocenters. The van der Waals surface area contributed by atoms with Gasteiger partial charge < -0.3 is 24.4 Å². The first kappa shape index (κ1) is 47.5. The Kier molecular flexibility index (Phi) is 15.0. The van der Waals surface area contributed by atoms with E-state index in [9.17, 15) is 14.4 Å². The number of halogens is 1. The zero-order valence-corrected chi connectivity index (χ0v) is 39.0. The molecule has 2 aliphatic rings. The standard InChI is InChI=1S/C26H33N5O4.C21H25N5O2.ClH/c1-7-31-22-11-9-18(16(2)24(22)28-29-31)19(14-23(32)34-6)20-10-8-17-12-13-30(15-21(17)27-20)25(33)35-26(3,4)5;1-4-26-19-8-6-15(13(2)21(19)24-25-26)16(11-20(27)28-3)17-7-5-14-9-10-22-12-18(14)23-17;/h8-11,19H,7,12-15H2,1-6H3;5-8,16,22H,4,9-12H2,1-3H3;1H. The fourth-order valence-corrected chi connectivity index (χ4v) is 8.49. The number of fused-ring (bicyclic) bond motifs is 4. The number of methoxy groups -OCH3 is 2. The molecule has 2 aliphatic heterocycles. The fraction of sp³-hybridized carbons (Fsp3) is 0.468. The largest absolute Gasteiger partial charge is 0.469 e. The second-order valence-corrected chi connectivity index (χ2v) is 17.0. The molecule has 2 unspecified atom stereocenters. The summed E-state index contributed by atoms with van der Waals surface area (Å²) in [6.07, 6.45) is 1.72. The number of nitrogens with one attached hydrogen (secondary N) is 1. The highest BCUT2D eigenvalue weighted by molar-refractivity contribution is 5.85. The molecule has 0 bridgehead atoms. The molecule has 1 N–H and O–H groups in total. The minimum absolute atomic E-state index is 0. The Labute approximate surface area is 379 Å². The number of hydrogen-bond donors (Lipinski definition) is 1. The number of rotatable bonds is 10. The van der Waals surface area contributed by atoms with E-state index in [0.29, 0.717) is 19.5 Å². The van der Waals surface area contributed by atoms with Crippen molar-refractivity contribution in [2.45, 2.75) is 118 Å². The van der Waals surface area contributed by atoms with Crippen molar-refractivity contribution in [3.8, 4) is 0 Å². The third-order valence-electron chi connectivity index (χ3n) is 11.9. The van der Waals surface area contributed by atoms with Crippen LogP contribution < -0.4 is 5.32 Å². The zero-order valence-electron chi connectivity index (χ0n) is 38.2. The van der Waals surface area contributed by atoms with Gasteiger partial charge in [0.05, 0.1) is 56.0 Å². The number of esters is 2. The van der Waals surface area contributed by atoms with Crippen LogP contribution in [0.1, 0.15) is 115 Å². The number of aromatic nitrogens is 8. The molecule has 0 saturated heterocycles. The first-order valence-electron chi connectivity index (χ1n) is 21.7. The first-order valence-corrected chi connectivity index (χ1v) is 21.7. The molecule has 1 amide bonds. The van der Waals surface area contributed by atoms with Crippen LogP contribution in [0.25, 0.3) is 22.1 Å². The highest BCUT2D eigenvalue weighted by atomic mass is 35.5. The zero-order chi connectivity index (χ0) is 45.0. The van der Waals surface area contributed by atoms with Crippen molar-refractivity contribution in [1.29, 1.82) is 0 Å². The first-order chi connectivity index (χ1) is 30.2. The molecule has 0 fully saturated rings. The van der Waals surface area contributed by atoms with Gasteiger partial charge in [0.25, 0.3) is 0 Å². The molecule has 340 valence electrons. The molecular weight excluding hydrogens is 836 g/mol. The number of pyridine rings is 2. The summed E-state index contributed by atoms with van der Waals surface area (Å²) in [4.78, 5) is 48.8. The van der Waals surface area contributed by atoms with Crippen molar-refractivity contribution in [3.63, 3.8) is 0 Å². The van der Waals surface area contributed by atoms with E-state index < -0.39 is 5.60 Å². The molecule has 0 radical (unpaired) electrons. The molecule has 6 aromatic rings. The second kappa shape index (κ2) is 20.2. The summed E-state index contributed by atoms with van der Waals surface area (Å²) in [5.74, 6) is -1.07. The van der Waals surface area contributed by atoms with Gasteiger partial charge in [-0.25, -0.2) is 14.2 Å². The quantitative estimate of drug-likeness (QED) is 0.109. The van der Waals surface area contributed by atoms with Crippen molar-refractivity contribution in [1.82, 2.24) is 50.2 Å². The van der Waals surface area contributed by atoms with Crippen LogP contribution in [0.3, 0.4) is 0 Å². The van der Waals surface area contributed by atoms with Crippen LogP contribution in [0, 0.1) is 13.8 Å². The van der Waals surface area contributed by atoms with Crippen LogP contribution in [-0.2, 0) is 62.8 Å². The van der Waals surface area contributed by atoms with Gasteiger partial charge in [0, 0.05) is 49.4 Å². The maximum Gasteiger partial charge on any atom is 0.410 e. The van der Waals surface area contributed by atoms with Crippen LogP contribution in [0.2, 0.25) is 0 Å². The average molecular weight is 896 g/mol. The number of carbonyl (C=O) groups excluding carboxylic acids is 3. The Balaban J connectivity index is 0.000000214. The average Bonchev–Trinajstić information content (AvgIpc) is 3.92. The van der Waals surface area contributed by atoms with Gasteiger partial charge in [-0.3, -0.25) is 19.6 Å². The number of aryl methyl sites for hydroxylation is 4. The summed E-state index contributed by atoms with van der Waals surface area (Å²) in [5.41, 5.74) is 13.0. The molecule has 0 saturated carbocycles. The van der Waals surface area contributed by atoms with Gasteiger partial charge in [0.2, 0.25) is 0 Å². The number of ether oxygens (including phenoxy) is 3. The minimum atomic E-state index is -0.561. The lowest BCUT2D eigenvalue weighted by Crippen LogP contribution is -2.40. The molecule has 2 aromatic carbocycles. The molecule has 17 heteroatoms. The number of carbonyl (C=O) groups is 3. The maximum atomic E-state index is 12.6. The number of hydrogen-bond acceptors (Lipinski definition) is 13. The summed E-state index contributed by atoms with van der Waals surface area (Å²) in [6.45, 7) is 17.8. The molecular formula is C47H59ClN10O6. The second-order valence-electron chi connectivity index (χ2n) is 17.0. The molecule has 0 spiro atoms. The number of nitrogens with zero attached hydrogens (tertiary/aromatic N) is 9. The van der Waals surface area contributed by atoms with Gasteiger partial charge in [0.15, 0.2) is 0 Å². The van der Waals surface area contributed by atoms with Crippen molar-refractivity contribution in [2.75, 3.05) is 27.3 Å². The van der Waals surface area contributed by atoms with Crippen LogP contribution in [0.15, 0.2) is 48.5 Å². The SMILES string of the molecule is CCn1nnc2c(C)c(C(CC(=O)OC)c3ccc4c(n3)CN(C(=O)OC(C)(C)C)CC4)ccc21.CCn1nnc2c(C)c(C(CC(=O)OC)c3ccc4c(n3)CNCC4)ccc21.Cl. The summed E-state index contributed by atoms with van der Waals surface area (Å²) in [7, 11) is 2.81. The normalized spacial score (nSPS) is 14.4. The lowest BCUT2D eigenvalue weighted by atomic mass is 9.87. The van der Waals surface area contributed by atoms with Crippen LogP contribution in [0.4, 0.5) is 4.79 Å². The highest BCUT2D eigenvalue weighted by Gasteiger charge is 2.30. The van der Waals surface area contributed by atoms with Crippen molar-refractivity contribution in [3.05, 3.63) is 105 Å². The summed E-state index contributed by atoms with van der Waals surface area (Å²) in [6, 6.07) is 16.3. The van der Waals surface area contributed by atoms with Gasteiger partial charge in [0.1, 0.15) is 16.6 Å². The van der Waals surface area contributed by atoms with Crippen molar-refractivity contribution >= 4 is 52.5 Å². The molecule has 0 aliphatic carbocycles. The van der Waals surface area contributed by atoms with Gasteiger partial charge in [-0.05, 0) is 125 Å². The Bertz CT molecular complexity index is 2650. The van der Waals surface area contributed by atoms with Crippen molar-refractivity contribution < 1.29 is 28.6 Å².